The fraction of sp³-hybridized carbons (Fsp3) is 0.562. The van der Waals surface area contributed by atoms with Gasteiger partial charge >= 0.3 is 7.60 Å². The number of hydrogen-bond donors (Lipinski definition) is 0. The van der Waals surface area contributed by atoms with Gasteiger partial charge in [0.2, 0.25) is 5.91 Å². The molecule has 0 fully saturated rings. The molecule has 1 aliphatic rings. The highest BCUT2D eigenvalue weighted by atomic mass is 31.2. The summed E-state index contributed by atoms with van der Waals surface area (Å²) in [5.41, 5.74) is 1.20. The molecule has 0 saturated carbocycles. The van der Waals surface area contributed by atoms with Crippen molar-refractivity contribution in [1.82, 2.24) is 0 Å². The van der Waals surface area contributed by atoms with Crippen LogP contribution in [0.15, 0.2) is 24.3 Å². The average Bonchev–Trinajstić information content (AvgIpc) is 2.69. The van der Waals surface area contributed by atoms with E-state index in [0.29, 0.717) is 19.6 Å². The number of hydrogen-bond acceptors (Lipinski definition) is 4. The van der Waals surface area contributed by atoms with Crippen molar-refractivity contribution in [3.63, 3.8) is 0 Å². The summed E-state index contributed by atoms with van der Waals surface area (Å²) >= 11 is 0. The predicted octanol–water partition coefficient (Wildman–Crippen LogP) is 3.58. The Hall–Kier alpha value is -1.16. The van der Waals surface area contributed by atoms with E-state index in [-0.39, 0.29) is 12.1 Å². The predicted molar refractivity (Wildman–Crippen MR) is 87.5 cm³/mol. The maximum atomic E-state index is 12.7. The van der Waals surface area contributed by atoms with Crippen molar-refractivity contribution >= 4 is 19.2 Å². The summed E-state index contributed by atoms with van der Waals surface area (Å²) in [4.78, 5) is 14.3. The Kier molecular flexibility index (Phi) is 5.10. The maximum absolute atomic E-state index is 12.7. The highest BCUT2D eigenvalue weighted by Gasteiger charge is 2.46. The quantitative estimate of drug-likeness (QED) is 0.719. The molecular formula is C16H24NO4P. The Morgan fingerprint density at radius 3 is 2.36 bits per heavy atom. The second-order valence-electron chi connectivity index (χ2n) is 5.63. The third-order valence-corrected chi connectivity index (χ3v) is 6.25. The minimum Gasteiger partial charge on any atom is -0.314 e. The molecule has 0 N–H and O–H groups in total. The molecular weight excluding hydrogens is 301 g/mol. The number of carbonyl (C=O) groups excluding carboxylic acids is 1. The minimum atomic E-state index is -3.14. The van der Waals surface area contributed by atoms with Crippen molar-refractivity contribution in [1.29, 1.82) is 0 Å². The van der Waals surface area contributed by atoms with Crippen molar-refractivity contribution in [2.45, 2.75) is 32.6 Å². The zero-order chi connectivity index (χ0) is 16.4. The molecule has 0 aromatic heterocycles. The Morgan fingerprint density at radius 2 is 1.77 bits per heavy atom. The molecule has 1 aliphatic heterocycles. The average molecular weight is 325 g/mol. The first-order valence-electron chi connectivity index (χ1n) is 7.63. The highest BCUT2D eigenvalue weighted by molar-refractivity contribution is 7.53. The molecule has 5 nitrogen and oxygen atoms in total. The summed E-state index contributed by atoms with van der Waals surface area (Å²) in [7, 11) is -1.37. The van der Waals surface area contributed by atoms with Crippen molar-refractivity contribution in [2.24, 2.45) is 0 Å². The highest BCUT2D eigenvalue weighted by Crippen LogP contribution is 2.52. The molecule has 2 rings (SSSR count). The summed E-state index contributed by atoms with van der Waals surface area (Å²) in [6, 6.07) is 7.74. The van der Waals surface area contributed by atoms with Crippen molar-refractivity contribution in [3.05, 3.63) is 29.8 Å². The summed E-state index contributed by atoms with van der Waals surface area (Å²) < 4.78 is 23.3. The van der Waals surface area contributed by atoms with Crippen LogP contribution in [-0.2, 0) is 23.8 Å². The molecule has 1 heterocycles. The number of fused-ring (bicyclic) bond motifs is 1. The number of carbonyl (C=O) groups is 1. The van der Waals surface area contributed by atoms with E-state index in [0.717, 1.165) is 11.3 Å². The van der Waals surface area contributed by atoms with Gasteiger partial charge in [-0.05, 0) is 38.8 Å². The SMILES string of the molecule is CCOP(=O)(CCC1(C)C(=O)N(C)c2ccccc21)OCC. The van der Waals surface area contributed by atoms with Crippen LogP contribution in [-0.4, -0.2) is 32.3 Å². The molecule has 0 bridgehead atoms. The third-order valence-electron chi connectivity index (χ3n) is 4.17. The molecule has 0 aliphatic carbocycles. The number of benzene rings is 1. The minimum absolute atomic E-state index is 0.0215. The van der Waals surface area contributed by atoms with Gasteiger partial charge in [0, 0.05) is 12.7 Å². The van der Waals surface area contributed by atoms with E-state index in [1.165, 1.54) is 0 Å². The molecule has 1 aromatic carbocycles. The number of likely N-dealkylation sites (N-methyl/N-ethyl adjacent to an activating group) is 1. The van der Waals surface area contributed by atoms with E-state index in [1.54, 1.807) is 25.8 Å². The number of amides is 1. The van der Waals surface area contributed by atoms with Gasteiger partial charge in [0.05, 0.1) is 24.8 Å². The lowest BCUT2D eigenvalue weighted by molar-refractivity contribution is -0.122. The number of rotatable bonds is 7. The summed E-state index contributed by atoms with van der Waals surface area (Å²) in [6.07, 6.45) is 0.670. The van der Waals surface area contributed by atoms with E-state index in [9.17, 15) is 9.36 Å². The van der Waals surface area contributed by atoms with Gasteiger partial charge in [0.1, 0.15) is 0 Å². The Labute approximate surface area is 132 Å². The van der Waals surface area contributed by atoms with Crippen LogP contribution in [0, 0.1) is 0 Å². The van der Waals surface area contributed by atoms with E-state index >= 15 is 0 Å². The molecule has 1 unspecified atom stereocenters. The molecule has 0 radical (unpaired) electrons. The third kappa shape index (κ3) is 2.98. The van der Waals surface area contributed by atoms with Crippen LogP contribution in [0.5, 0.6) is 0 Å². The first-order chi connectivity index (χ1) is 10.4. The zero-order valence-corrected chi connectivity index (χ0v) is 14.6. The maximum Gasteiger partial charge on any atom is 0.330 e. The van der Waals surface area contributed by atoms with Crippen molar-refractivity contribution < 1.29 is 18.4 Å². The molecule has 22 heavy (non-hydrogen) atoms. The first-order valence-corrected chi connectivity index (χ1v) is 9.36. The number of anilines is 1. The van der Waals surface area contributed by atoms with E-state index < -0.39 is 13.0 Å². The van der Waals surface area contributed by atoms with Gasteiger partial charge in [0.25, 0.3) is 0 Å². The second kappa shape index (κ2) is 6.53. The fourth-order valence-electron chi connectivity index (χ4n) is 2.99. The van der Waals surface area contributed by atoms with Crippen LogP contribution in [0.4, 0.5) is 5.69 Å². The van der Waals surface area contributed by atoms with Crippen molar-refractivity contribution in [3.8, 4) is 0 Å². The molecule has 122 valence electrons. The van der Waals surface area contributed by atoms with E-state index in [1.807, 2.05) is 31.2 Å². The monoisotopic (exact) mass is 325 g/mol. The lowest BCUT2D eigenvalue weighted by atomic mass is 9.81. The smallest absolute Gasteiger partial charge is 0.314 e. The van der Waals surface area contributed by atoms with Gasteiger partial charge in [-0.3, -0.25) is 9.36 Å². The zero-order valence-electron chi connectivity index (χ0n) is 13.7. The molecule has 0 spiro atoms. The van der Waals surface area contributed by atoms with Crippen LogP contribution in [0.1, 0.15) is 32.8 Å². The number of nitrogens with zero attached hydrogens (tertiary/aromatic N) is 1. The topological polar surface area (TPSA) is 55.8 Å². The van der Waals surface area contributed by atoms with Gasteiger partial charge in [-0.1, -0.05) is 18.2 Å². The largest absolute Gasteiger partial charge is 0.330 e. The Balaban J connectivity index is 2.25. The van der Waals surface area contributed by atoms with Crippen molar-refractivity contribution in [2.75, 3.05) is 31.3 Å². The summed E-state index contributed by atoms with van der Waals surface area (Å²) in [6.45, 7) is 6.14. The Morgan fingerprint density at radius 1 is 1.18 bits per heavy atom. The molecule has 1 atom stereocenters. The molecule has 1 amide bonds. The molecule has 0 saturated heterocycles. The van der Waals surface area contributed by atoms with Crippen LogP contribution in [0.25, 0.3) is 0 Å². The lowest BCUT2D eigenvalue weighted by Crippen LogP contribution is -2.36. The van der Waals surface area contributed by atoms with Crippen LogP contribution in [0.2, 0.25) is 0 Å². The number of para-hydroxylation sites is 1. The van der Waals surface area contributed by atoms with Crippen LogP contribution >= 0.6 is 7.60 Å². The van der Waals surface area contributed by atoms with Gasteiger partial charge in [-0.25, -0.2) is 0 Å². The standard InChI is InChI=1S/C16H24NO4P/c1-5-20-22(19,21-6-2)12-11-16(3)13-9-7-8-10-14(13)17(4)15(16)18/h7-10H,5-6,11-12H2,1-4H3. The van der Waals surface area contributed by atoms with Gasteiger partial charge in [-0.2, -0.15) is 0 Å². The normalized spacial score (nSPS) is 21.3. The van der Waals surface area contributed by atoms with Crippen LogP contribution < -0.4 is 4.90 Å². The molecule has 6 heteroatoms. The summed E-state index contributed by atoms with van der Waals surface area (Å²) in [5.74, 6) is 0.0215. The van der Waals surface area contributed by atoms with Gasteiger partial charge in [0.15, 0.2) is 0 Å². The van der Waals surface area contributed by atoms with E-state index in [4.69, 9.17) is 9.05 Å². The second-order valence-corrected chi connectivity index (χ2v) is 7.82. The van der Waals surface area contributed by atoms with Gasteiger partial charge in [-0.15, -0.1) is 0 Å². The first kappa shape index (κ1) is 17.2. The van der Waals surface area contributed by atoms with Crippen LogP contribution in [0.3, 0.4) is 0 Å². The molecule has 1 aromatic rings. The lowest BCUT2D eigenvalue weighted by Gasteiger charge is -2.25. The Bertz CT molecular complexity index is 594. The van der Waals surface area contributed by atoms with Gasteiger partial charge < -0.3 is 13.9 Å². The van der Waals surface area contributed by atoms with E-state index in [2.05, 4.69) is 0 Å². The fourth-order valence-corrected chi connectivity index (χ4v) is 4.83. The summed E-state index contributed by atoms with van der Waals surface area (Å²) in [5, 5.41) is 0.